The zero-order valence-corrected chi connectivity index (χ0v) is 17.0. The Morgan fingerprint density at radius 3 is 2.41 bits per heavy atom. The van der Waals surface area contributed by atoms with Crippen LogP contribution in [0.4, 0.5) is 5.69 Å². The van der Waals surface area contributed by atoms with Crippen molar-refractivity contribution in [2.75, 3.05) is 31.1 Å². The highest BCUT2D eigenvalue weighted by atomic mass is 15.1. The van der Waals surface area contributed by atoms with Gasteiger partial charge in [0.25, 0.3) is 0 Å². The summed E-state index contributed by atoms with van der Waals surface area (Å²) in [5.41, 5.74) is 5.97. The quantitative estimate of drug-likeness (QED) is 0.631. The maximum atomic E-state index is 2.61. The molecule has 2 heteroatoms. The van der Waals surface area contributed by atoms with Crippen LogP contribution in [-0.4, -0.2) is 31.1 Å². The van der Waals surface area contributed by atoms with Gasteiger partial charge in [0.15, 0.2) is 0 Å². The average Bonchev–Trinajstić information content (AvgIpc) is 3.19. The molecule has 0 unspecified atom stereocenters. The lowest BCUT2D eigenvalue weighted by atomic mass is 9.70. The lowest BCUT2D eigenvalue weighted by Gasteiger charge is -2.39. The number of hydrogen-bond donors (Lipinski definition) is 0. The summed E-state index contributed by atoms with van der Waals surface area (Å²) < 4.78 is 0. The predicted octanol–water partition coefficient (Wildman–Crippen LogP) is 5.61. The third kappa shape index (κ3) is 4.38. The lowest BCUT2D eigenvalue weighted by Crippen LogP contribution is -2.35. The fourth-order valence-corrected chi connectivity index (χ4v) is 4.94. The van der Waals surface area contributed by atoms with Crippen LogP contribution >= 0.6 is 0 Å². The molecule has 0 bridgehead atoms. The molecule has 2 nitrogen and oxygen atoms in total. The van der Waals surface area contributed by atoms with Crippen LogP contribution in [0.1, 0.15) is 55.2 Å². The lowest BCUT2D eigenvalue weighted by molar-refractivity contribution is 0.158. The van der Waals surface area contributed by atoms with Crippen molar-refractivity contribution in [1.29, 1.82) is 0 Å². The van der Waals surface area contributed by atoms with Crippen LogP contribution in [0.5, 0.6) is 0 Å². The first-order chi connectivity index (χ1) is 13.2. The Kier molecular flexibility index (Phi) is 5.83. The molecule has 2 aromatic rings. The first-order valence-corrected chi connectivity index (χ1v) is 10.8. The number of aryl methyl sites for hydroxylation is 1. The molecule has 1 heterocycles. The van der Waals surface area contributed by atoms with E-state index in [1.807, 2.05) is 0 Å². The second-order valence-electron chi connectivity index (χ2n) is 8.58. The van der Waals surface area contributed by atoms with Crippen molar-refractivity contribution in [3.63, 3.8) is 0 Å². The molecule has 144 valence electrons. The van der Waals surface area contributed by atoms with Crippen molar-refractivity contribution in [3.8, 4) is 0 Å². The van der Waals surface area contributed by atoms with E-state index < -0.39 is 0 Å². The van der Waals surface area contributed by atoms with Crippen molar-refractivity contribution in [2.45, 2.75) is 52.0 Å². The average molecular weight is 363 g/mol. The summed E-state index contributed by atoms with van der Waals surface area (Å²) in [4.78, 5) is 5.16. The SMILES string of the molecule is CCN(Cc1ccccc1)C[C@H]1C[C@H](c2ccc(N3CCCC3)cc2C)C1. The van der Waals surface area contributed by atoms with Gasteiger partial charge in [-0.2, -0.15) is 0 Å². The fourth-order valence-electron chi connectivity index (χ4n) is 4.94. The first kappa shape index (κ1) is 18.6. The van der Waals surface area contributed by atoms with E-state index in [2.05, 4.69) is 72.2 Å². The molecule has 4 rings (SSSR count). The van der Waals surface area contributed by atoms with Gasteiger partial charge in [-0.3, -0.25) is 4.90 Å². The van der Waals surface area contributed by atoms with Crippen molar-refractivity contribution >= 4 is 5.69 Å². The molecule has 1 saturated carbocycles. The second kappa shape index (κ2) is 8.48. The van der Waals surface area contributed by atoms with Gasteiger partial charge in [-0.25, -0.2) is 0 Å². The van der Waals surface area contributed by atoms with E-state index >= 15 is 0 Å². The standard InChI is InChI=1S/C25H34N2/c1-3-26(18-21-9-5-4-6-10-21)19-22-16-23(17-22)25-12-11-24(15-20(25)2)27-13-7-8-14-27/h4-6,9-12,15,22-23H,3,7-8,13-14,16-19H2,1-2H3/t22-,23-. The van der Waals surface area contributed by atoms with Crippen LogP contribution in [0, 0.1) is 12.8 Å². The maximum absolute atomic E-state index is 2.61. The van der Waals surface area contributed by atoms with E-state index in [0.717, 1.165) is 24.9 Å². The largest absolute Gasteiger partial charge is 0.372 e. The molecule has 0 aromatic heterocycles. The Hall–Kier alpha value is -1.80. The minimum absolute atomic E-state index is 0.776. The molecule has 1 aliphatic carbocycles. The van der Waals surface area contributed by atoms with E-state index in [1.165, 1.54) is 62.1 Å². The summed E-state index contributed by atoms with van der Waals surface area (Å²) in [6.07, 6.45) is 5.41. The number of anilines is 1. The smallest absolute Gasteiger partial charge is 0.0369 e. The molecular weight excluding hydrogens is 328 g/mol. The third-order valence-electron chi connectivity index (χ3n) is 6.61. The predicted molar refractivity (Wildman–Crippen MR) is 115 cm³/mol. The van der Waals surface area contributed by atoms with Gasteiger partial charge in [0, 0.05) is 31.9 Å². The normalized spacial score (nSPS) is 22.3. The molecule has 2 aromatic carbocycles. The van der Waals surface area contributed by atoms with Gasteiger partial charge >= 0.3 is 0 Å². The number of benzene rings is 2. The highest BCUT2D eigenvalue weighted by Crippen LogP contribution is 2.43. The summed E-state index contributed by atoms with van der Waals surface area (Å²) in [6, 6.07) is 18.1. The molecule has 1 aliphatic heterocycles. The van der Waals surface area contributed by atoms with Crippen LogP contribution in [-0.2, 0) is 6.54 Å². The van der Waals surface area contributed by atoms with Crippen LogP contribution in [0.2, 0.25) is 0 Å². The fraction of sp³-hybridized carbons (Fsp3) is 0.520. The zero-order valence-electron chi connectivity index (χ0n) is 17.0. The topological polar surface area (TPSA) is 6.48 Å². The Morgan fingerprint density at radius 1 is 1.00 bits per heavy atom. The minimum Gasteiger partial charge on any atom is -0.372 e. The van der Waals surface area contributed by atoms with E-state index in [9.17, 15) is 0 Å². The van der Waals surface area contributed by atoms with Gasteiger partial charge in [-0.1, -0.05) is 43.3 Å². The van der Waals surface area contributed by atoms with E-state index in [0.29, 0.717) is 0 Å². The van der Waals surface area contributed by atoms with Crippen LogP contribution in [0.3, 0.4) is 0 Å². The second-order valence-corrected chi connectivity index (χ2v) is 8.58. The Morgan fingerprint density at radius 2 is 1.74 bits per heavy atom. The molecular formula is C25H34N2. The van der Waals surface area contributed by atoms with Crippen LogP contribution in [0.25, 0.3) is 0 Å². The monoisotopic (exact) mass is 362 g/mol. The van der Waals surface area contributed by atoms with Gasteiger partial charge in [0.2, 0.25) is 0 Å². The minimum atomic E-state index is 0.776. The van der Waals surface area contributed by atoms with E-state index in [-0.39, 0.29) is 0 Å². The van der Waals surface area contributed by atoms with Crippen molar-refractivity contribution in [1.82, 2.24) is 4.90 Å². The van der Waals surface area contributed by atoms with Crippen LogP contribution < -0.4 is 4.90 Å². The van der Waals surface area contributed by atoms with Gasteiger partial charge in [-0.15, -0.1) is 0 Å². The molecule has 0 spiro atoms. The van der Waals surface area contributed by atoms with E-state index in [4.69, 9.17) is 0 Å². The zero-order chi connectivity index (χ0) is 18.6. The van der Waals surface area contributed by atoms with Gasteiger partial charge < -0.3 is 4.90 Å². The molecule has 0 radical (unpaired) electrons. The Balaban J connectivity index is 1.31. The molecule has 27 heavy (non-hydrogen) atoms. The number of rotatable bonds is 7. The highest BCUT2D eigenvalue weighted by Gasteiger charge is 2.32. The van der Waals surface area contributed by atoms with Crippen molar-refractivity contribution in [2.24, 2.45) is 5.92 Å². The van der Waals surface area contributed by atoms with Crippen molar-refractivity contribution < 1.29 is 0 Å². The summed E-state index contributed by atoms with van der Waals surface area (Å²) in [6.45, 7) is 10.5. The molecule has 1 saturated heterocycles. The van der Waals surface area contributed by atoms with E-state index in [1.54, 1.807) is 5.56 Å². The van der Waals surface area contributed by atoms with Gasteiger partial charge in [0.1, 0.15) is 0 Å². The maximum Gasteiger partial charge on any atom is 0.0369 e. The van der Waals surface area contributed by atoms with Crippen LogP contribution in [0.15, 0.2) is 48.5 Å². The van der Waals surface area contributed by atoms with Gasteiger partial charge in [0.05, 0.1) is 0 Å². The number of nitrogens with zero attached hydrogens (tertiary/aromatic N) is 2. The molecule has 0 atom stereocenters. The highest BCUT2D eigenvalue weighted by molar-refractivity contribution is 5.52. The number of hydrogen-bond acceptors (Lipinski definition) is 2. The Labute approximate surface area is 165 Å². The summed E-state index contributed by atoms with van der Waals surface area (Å²) in [7, 11) is 0. The molecule has 2 fully saturated rings. The van der Waals surface area contributed by atoms with Gasteiger partial charge in [-0.05, 0) is 79.8 Å². The Bertz CT molecular complexity index is 727. The molecule has 0 amide bonds. The third-order valence-corrected chi connectivity index (χ3v) is 6.61. The summed E-state index contributed by atoms with van der Waals surface area (Å²) in [5, 5.41) is 0. The summed E-state index contributed by atoms with van der Waals surface area (Å²) >= 11 is 0. The van der Waals surface area contributed by atoms with Crippen molar-refractivity contribution in [3.05, 3.63) is 65.2 Å². The molecule has 2 aliphatic rings. The summed E-state index contributed by atoms with van der Waals surface area (Å²) in [5.74, 6) is 1.63. The molecule has 0 N–H and O–H groups in total. The first-order valence-electron chi connectivity index (χ1n) is 10.8.